The minimum absolute atomic E-state index is 0.321. The number of carbonyl (C=O) groups is 3. The van der Waals surface area contributed by atoms with Crippen LogP contribution >= 0.6 is 0 Å². The minimum Gasteiger partial charge on any atom is -0.444 e. The molecule has 0 fully saturated rings. The van der Waals surface area contributed by atoms with Crippen LogP contribution in [0.25, 0.3) is 21.9 Å². The van der Waals surface area contributed by atoms with E-state index in [9.17, 15) is 18.8 Å². The number of carbonyl (C=O) groups excluding carboxylic acids is 3. The van der Waals surface area contributed by atoms with Crippen LogP contribution in [0, 0.1) is 5.82 Å². The summed E-state index contributed by atoms with van der Waals surface area (Å²) in [5.41, 5.74) is 6.00. The average molecular weight is 510 g/mol. The van der Waals surface area contributed by atoms with Crippen molar-refractivity contribution in [1.82, 2.24) is 30.7 Å². The number of aromatic nitrogens is 3. The molecule has 0 aliphatic heterocycles. The van der Waals surface area contributed by atoms with Gasteiger partial charge in [-0.3, -0.25) is 10.2 Å². The number of nitrogens with one attached hydrogen (secondary N) is 5. The highest BCUT2D eigenvalue weighted by Crippen LogP contribution is 2.27. The number of nitrogens with zero attached hydrogens (tertiary/aromatic N) is 2. The lowest BCUT2D eigenvalue weighted by molar-refractivity contribution is 0.0526. The standard InChI is InChI=1S/C25H28FN7O4/c1-25(2,3)37-24(36)28-10-5-11-33-14-19(17-12-15(26)7-8-20(17)33)30-23(35)32-31-22(34)18-13-29-21-16(18)6-4-9-27-21/h4,6-9,12-14H,5,10-11H2,1-3H3,(H,27,29)(H,28,36)(H,31,34)(H2,30,32,35). The SMILES string of the molecule is CC(C)(C)OC(=O)NCCCn1cc(NC(=O)NNC(=O)c2c[nH]c3ncccc23)c2cc(F)ccc21. The molecule has 0 saturated heterocycles. The molecular formula is C25H28FN7O4. The first-order valence-electron chi connectivity index (χ1n) is 11.7. The summed E-state index contributed by atoms with van der Waals surface area (Å²) in [4.78, 5) is 43.9. The van der Waals surface area contributed by atoms with Gasteiger partial charge < -0.3 is 24.9 Å². The maximum absolute atomic E-state index is 14.0. The maximum Gasteiger partial charge on any atom is 0.407 e. The number of hydrogen-bond acceptors (Lipinski definition) is 5. The Morgan fingerprint density at radius 3 is 2.73 bits per heavy atom. The van der Waals surface area contributed by atoms with Gasteiger partial charge in [-0.05, 0) is 57.5 Å². The van der Waals surface area contributed by atoms with Crippen LogP contribution in [-0.2, 0) is 11.3 Å². The zero-order chi connectivity index (χ0) is 26.6. The summed E-state index contributed by atoms with van der Waals surface area (Å²) in [5.74, 6) is -0.984. The Bertz CT molecular complexity index is 1450. The van der Waals surface area contributed by atoms with Crippen LogP contribution in [0.15, 0.2) is 48.9 Å². The molecule has 0 bridgehead atoms. The van der Waals surface area contributed by atoms with E-state index in [0.717, 1.165) is 0 Å². The van der Waals surface area contributed by atoms with E-state index in [0.29, 0.717) is 52.7 Å². The maximum atomic E-state index is 14.0. The largest absolute Gasteiger partial charge is 0.444 e. The first-order valence-corrected chi connectivity index (χ1v) is 11.7. The molecule has 4 rings (SSSR count). The smallest absolute Gasteiger partial charge is 0.407 e. The summed E-state index contributed by atoms with van der Waals surface area (Å²) in [6.45, 7) is 6.22. The van der Waals surface area contributed by atoms with Gasteiger partial charge in [-0.1, -0.05) is 0 Å². The number of amides is 4. The van der Waals surface area contributed by atoms with Crippen LogP contribution in [0.1, 0.15) is 37.6 Å². The van der Waals surface area contributed by atoms with Gasteiger partial charge in [0, 0.05) is 42.5 Å². The molecule has 12 heteroatoms. The highest BCUT2D eigenvalue weighted by molar-refractivity contribution is 6.07. The Morgan fingerprint density at radius 2 is 1.95 bits per heavy atom. The summed E-state index contributed by atoms with van der Waals surface area (Å²) < 4.78 is 21.0. The fourth-order valence-corrected chi connectivity index (χ4v) is 3.79. The van der Waals surface area contributed by atoms with Gasteiger partial charge in [0.05, 0.1) is 16.8 Å². The minimum atomic E-state index is -0.707. The van der Waals surface area contributed by atoms with Crippen LogP contribution in [0.5, 0.6) is 0 Å². The van der Waals surface area contributed by atoms with Crippen LogP contribution in [-0.4, -0.2) is 44.7 Å². The monoisotopic (exact) mass is 509 g/mol. The second-order valence-electron chi connectivity index (χ2n) is 9.32. The second kappa shape index (κ2) is 10.6. The van der Waals surface area contributed by atoms with Crippen LogP contribution in [0.2, 0.25) is 0 Å². The molecule has 11 nitrogen and oxygen atoms in total. The third kappa shape index (κ3) is 6.34. The first-order chi connectivity index (χ1) is 17.6. The van der Waals surface area contributed by atoms with Gasteiger partial charge in [0.15, 0.2) is 0 Å². The molecule has 0 aliphatic rings. The van der Waals surface area contributed by atoms with Crippen molar-refractivity contribution in [1.29, 1.82) is 0 Å². The van der Waals surface area contributed by atoms with Gasteiger partial charge in [0.2, 0.25) is 0 Å². The number of aromatic amines is 1. The lowest BCUT2D eigenvalue weighted by atomic mass is 10.2. The number of ether oxygens (including phenoxy) is 1. The molecule has 0 unspecified atom stereocenters. The number of urea groups is 1. The number of alkyl carbamates (subject to hydrolysis) is 1. The predicted octanol–water partition coefficient (Wildman–Crippen LogP) is 4.04. The molecule has 0 spiro atoms. The number of fused-ring (bicyclic) bond motifs is 2. The molecule has 3 heterocycles. The van der Waals surface area contributed by atoms with Crippen molar-refractivity contribution in [2.24, 2.45) is 0 Å². The van der Waals surface area contributed by atoms with Crippen molar-refractivity contribution in [2.75, 3.05) is 11.9 Å². The third-order valence-electron chi connectivity index (χ3n) is 5.32. The van der Waals surface area contributed by atoms with E-state index in [-0.39, 0.29) is 0 Å². The topological polar surface area (TPSA) is 142 Å². The van der Waals surface area contributed by atoms with Gasteiger partial charge in [-0.25, -0.2) is 24.4 Å². The molecule has 0 atom stereocenters. The van der Waals surface area contributed by atoms with Gasteiger partial charge in [0.25, 0.3) is 5.91 Å². The van der Waals surface area contributed by atoms with Crippen molar-refractivity contribution in [3.63, 3.8) is 0 Å². The van der Waals surface area contributed by atoms with E-state index in [1.807, 2.05) is 4.57 Å². The van der Waals surface area contributed by atoms with Crippen LogP contribution in [0.4, 0.5) is 19.7 Å². The highest BCUT2D eigenvalue weighted by Gasteiger charge is 2.17. The van der Waals surface area contributed by atoms with E-state index >= 15 is 0 Å². The first kappa shape index (κ1) is 25.5. The zero-order valence-electron chi connectivity index (χ0n) is 20.6. The number of benzene rings is 1. The van der Waals surface area contributed by atoms with E-state index < -0.39 is 29.4 Å². The molecule has 1 aromatic carbocycles. The average Bonchev–Trinajstić information content (AvgIpc) is 3.41. The normalized spacial score (nSPS) is 11.4. The molecule has 5 N–H and O–H groups in total. The highest BCUT2D eigenvalue weighted by atomic mass is 19.1. The Labute approximate surface area is 211 Å². The molecular weight excluding hydrogens is 481 g/mol. The Hall–Kier alpha value is -4.61. The van der Waals surface area contributed by atoms with Crippen molar-refractivity contribution in [3.8, 4) is 0 Å². The van der Waals surface area contributed by atoms with Crippen LogP contribution < -0.4 is 21.5 Å². The fourth-order valence-electron chi connectivity index (χ4n) is 3.79. The van der Waals surface area contributed by atoms with E-state index in [2.05, 4.69) is 31.5 Å². The second-order valence-corrected chi connectivity index (χ2v) is 9.32. The van der Waals surface area contributed by atoms with Crippen molar-refractivity contribution in [2.45, 2.75) is 39.3 Å². The number of H-pyrrole nitrogens is 1. The zero-order valence-corrected chi connectivity index (χ0v) is 20.6. The van der Waals surface area contributed by atoms with E-state index in [1.165, 1.54) is 18.3 Å². The Kier molecular flexibility index (Phi) is 7.27. The Morgan fingerprint density at radius 1 is 1.14 bits per heavy atom. The van der Waals surface area contributed by atoms with E-state index in [4.69, 9.17) is 4.74 Å². The lowest BCUT2D eigenvalue weighted by Crippen LogP contribution is -2.43. The van der Waals surface area contributed by atoms with Gasteiger partial charge >= 0.3 is 12.1 Å². The van der Waals surface area contributed by atoms with Gasteiger partial charge in [-0.2, -0.15) is 0 Å². The summed E-state index contributed by atoms with van der Waals surface area (Å²) >= 11 is 0. The molecule has 0 aliphatic carbocycles. The molecule has 0 radical (unpaired) electrons. The fraction of sp³-hybridized carbons (Fsp3) is 0.280. The third-order valence-corrected chi connectivity index (χ3v) is 5.32. The number of rotatable bonds is 6. The van der Waals surface area contributed by atoms with Crippen molar-refractivity contribution >= 4 is 45.7 Å². The molecule has 194 valence electrons. The number of anilines is 1. The number of aryl methyl sites for hydroxylation is 1. The quantitative estimate of drug-likeness (QED) is 0.197. The molecule has 3 aromatic heterocycles. The van der Waals surface area contributed by atoms with E-state index in [1.54, 1.807) is 51.4 Å². The molecule has 0 saturated carbocycles. The van der Waals surface area contributed by atoms with Crippen molar-refractivity contribution in [3.05, 3.63) is 60.3 Å². The summed E-state index contributed by atoms with van der Waals surface area (Å²) in [5, 5.41) is 6.44. The number of halogens is 1. The van der Waals surface area contributed by atoms with Gasteiger partial charge in [-0.15, -0.1) is 0 Å². The molecule has 4 aromatic rings. The Balaban J connectivity index is 1.37. The number of pyridine rings is 1. The van der Waals surface area contributed by atoms with Gasteiger partial charge in [0.1, 0.15) is 17.1 Å². The summed E-state index contributed by atoms with van der Waals surface area (Å²) in [6, 6.07) is 6.99. The lowest BCUT2D eigenvalue weighted by Gasteiger charge is -2.19. The molecule has 37 heavy (non-hydrogen) atoms. The number of hydrogen-bond donors (Lipinski definition) is 5. The molecule has 4 amide bonds. The van der Waals surface area contributed by atoms with Crippen LogP contribution in [0.3, 0.4) is 0 Å². The van der Waals surface area contributed by atoms with Crippen molar-refractivity contribution < 1.29 is 23.5 Å². The summed E-state index contributed by atoms with van der Waals surface area (Å²) in [7, 11) is 0. The summed E-state index contributed by atoms with van der Waals surface area (Å²) in [6.07, 6.45) is 4.84. The number of hydrazine groups is 1. The predicted molar refractivity (Wildman–Crippen MR) is 136 cm³/mol.